The topological polar surface area (TPSA) is 62.3 Å². The number of carbonyl (C=O) groups is 2. The number of nitrogens with zero attached hydrogens (tertiary/aromatic N) is 2. The molecule has 2 heterocycles. The van der Waals surface area contributed by atoms with Gasteiger partial charge in [-0.05, 0) is 33.1 Å². The molecule has 0 unspecified atom stereocenters. The van der Waals surface area contributed by atoms with Gasteiger partial charge in [-0.1, -0.05) is 0 Å². The molecule has 0 aromatic carbocycles. The van der Waals surface area contributed by atoms with Crippen LogP contribution in [0.25, 0.3) is 0 Å². The molecule has 1 aliphatic carbocycles. The van der Waals surface area contributed by atoms with Crippen LogP contribution in [0.15, 0.2) is 0 Å². The van der Waals surface area contributed by atoms with Crippen LogP contribution in [0.2, 0.25) is 0 Å². The van der Waals surface area contributed by atoms with Crippen LogP contribution in [0.4, 0.5) is 5.13 Å². The van der Waals surface area contributed by atoms with Crippen LogP contribution < -0.4 is 5.32 Å². The van der Waals surface area contributed by atoms with Gasteiger partial charge in [0.05, 0.1) is 11.6 Å². The Kier molecular flexibility index (Phi) is 3.50. The Morgan fingerprint density at radius 2 is 2.25 bits per heavy atom. The van der Waals surface area contributed by atoms with Crippen molar-refractivity contribution in [2.24, 2.45) is 5.92 Å². The van der Waals surface area contributed by atoms with Crippen molar-refractivity contribution in [2.75, 3.05) is 11.9 Å². The Hall–Kier alpha value is -1.43. The molecule has 2 amide bonds. The third-order valence-corrected chi connectivity index (χ3v) is 5.05. The largest absolute Gasteiger partial charge is 0.339 e. The first-order valence-electron chi connectivity index (χ1n) is 7.13. The predicted octanol–water partition coefficient (Wildman–Crippen LogP) is 1.83. The number of fused-ring (bicyclic) bond motifs is 1. The summed E-state index contributed by atoms with van der Waals surface area (Å²) in [6.45, 7) is 4.47. The molecule has 1 saturated heterocycles. The first kappa shape index (κ1) is 13.5. The Bertz CT molecular complexity index is 531. The highest BCUT2D eigenvalue weighted by Gasteiger charge is 2.35. The van der Waals surface area contributed by atoms with Crippen molar-refractivity contribution in [3.63, 3.8) is 0 Å². The number of nitrogens with one attached hydrogen (secondary N) is 1. The van der Waals surface area contributed by atoms with Crippen LogP contribution in [0.3, 0.4) is 0 Å². The van der Waals surface area contributed by atoms with Gasteiger partial charge in [-0.3, -0.25) is 9.59 Å². The summed E-state index contributed by atoms with van der Waals surface area (Å²) in [4.78, 5) is 31.6. The van der Waals surface area contributed by atoms with E-state index in [1.165, 1.54) is 11.3 Å². The number of hydrogen-bond donors (Lipinski definition) is 1. The number of hydrogen-bond acceptors (Lipinski definition) is 4. The number of carbonyl (C=O) groups excluding carboxylic acids is 2. The van der Waals surface area contributed by atoms with E-state index >= 15 is 0 Å². The van der Waals surface area contributed by atoms with Gasteiger partial charge in [-0.2, -0.15) is 0 Å². The van der Waals surface area contributed by atoms with E-state index in [9.17, 15) is 9.59 Å². The number of thiazole rings is 1. The average Bonchev–Trinajstić information content (AvgIpc) is 3.02. The highest BCUT2D eigenvalue weighted by atomic mass is 32.1. The van der Waals surface area contributed by atoms with Crippen LogP contribution in [0, 0.1) is 5.92 Å². The summed E-state index contributed by atoms with van der Waals surface area (Å²) >= 11 is 1.58. The fourth-order valence-corrected chi connectivity index (χ4v) is 3.91. The normalized spacial score (nSPS) is 21.6. The molecule has 0 spiro atoms. The van der Waals surface area contributed by atoms with Gasteiger partial charge in [0.1, 0.15) is 0 Å². The quantitative estimate of drug-likeness (QED) is 0.924. The summed E-state index contributed by atoms with van der Waals surface area (Å²) in [6, 6.07) is 0.156. The highest BCUT2D eigenvalue weighted by molar-refractivity contribution is 7.15. The molecule has 1 aromatic rings. The van der Waals surface area contributed by atoms with Gasteiger partial charge in [0.2, 0.25) is 11.8 Å². The number of aryl methyl sites for hydroxylation is 2. The molecular formula is C14H19N3O2S. The Morgan fingerprint density at radius 1 is 1.45 bits per heavy atom. The van der Waals surface area contributed by atoms with Gasteiger partial charge in [-0.15, -0.1) is 11.3 Å². The summed E-state index contributed by atoms with van der Waals surface area (Å²) in [5, 5.41) is 3.57. The molecule has 1 N–H and O–H groups in total. The van der Waals surface area contributed by atoms with E-state index in [1.54, 1.807) is 16.2 Å². The molecule has 108 valence electrons. The van der Waals surface area contributed by atoms with Crippen molar-refractivity contribution in [3.8, 4) is 0 Å². The van der Waals surface area contributed by atoms with E-state index < -0.39 is 0 Å². The van der Waals surface area contributed by atoms with E-state index in [-0.39, 0.29) is 23.8 Å². The molecule has 5 nitrogen and oxygen atoms in total. The molecule has 0 radical (unpaired) electrons. The Morgan fingerprint density at radius 3 is 2.90 bits per heavy atom. The van der Waals surface area contributed by atoms with E-state index in [4.69, 9.17) is 0 Å². The number of rotatable bonds is 3. The maximum absolute atomic E-state index is 12.2. The molecule has 2 aliphatic rings. The first-order chi connectivity index (χ1) is 9.54. The lowest BCUT2D eigenvalue weighted by atomic mass is 10.1. The molecular weight excluding hydrogens is 274 g/mol. The van der Waals surface area contributed by atoms with Crippen molar-refractivity contribution in [3.05, 3.63) is 10.6 Å². The van der Waals surface area contributed by atoms with Gasteiger partial charge in [0, 0.05) is 23.9 Å². The first-order valence-corrected chi connectivity index (χ1v) is 7.95. The minimum Gasteiger partial charge on any atom is -0.339 e. The van der Waals surface area contributed by atoms with Gasteiger partial charge >= 0.3 is 0 Å². The number of anilines is 1. The fourth-order valence-electron chi connectivity index (χ4n) is 2.86. The molecule has 1 fully saturated rings. The van der Waals surface area contributed by atoms with Crippen LogP contribution >= 0.6 is 11.3 Å². The summed E-state index contributed by atoms with van der Waals surface area (Å²) in [5.74, 6) is -0.251. The smallest absolute Gasteiger partial charge is 0.231 e. The molecule has 3 rings (SSSR count). The van der Waals surface area contributed by atoms with Crippen molar-refractivity contribution in [1.29, 1.82) is 0 Å². The molecule has 1 aromatic heterocycles. The van der Waals surface area contributed by atoms with Crippen LogP contribution in [-0.2, 0) is 22.4 Å². The molecule has 6 heteroatoms. The fraction of sp³-hybridized carbons (Fsp3) is 0.643. The molecule has 1 atom stereocenters. The minimum atomic E-state index is -0.247. The molecule has 1 aliphatic heterocycles. The third-order valence-electron chi connectivity index (χ3n) is 3.98. The predicted molar refractivity (Wildman–Crippen MR) is 77.7 cm³/mol. The zero-order chi connectivity index (χ0) is 14.3. The van der Waals surface area contributed by atoms with Crippen LogP contribution in [0.5, 0.6) is 0 Å². The van der Waals surface area contributed by atoms with Crippen LogP contribution in [-0.4, -0.2) is 34.3 Å². The Balaban J connectivity index is 1.63. The van der Waals surface area contributed by atoms with E-state index in [0.29, 0.717) is 18.1 Å². The lowest BCUT2D eigenvalue weighted by Crippen LogP contribution is -2.33. The summed E-state index contributed by atoms with van der Waals surface area (Å²) in [6.07, 6.45) is 3.58. The summed E-state index contributed by atoms with van der Waals surface area (Å²) in [5.41, 5.74) is 1.14. The highest BCUT2D eigenvalue weighted by Crippen LogP contribution is 2.31. The van der Waals surface area contributed by atoms with Gasteiger partial charge in [-0.25, -0.2) is 4.98 Å². The molecule has 0 saturated carbocycles. The van der Waals surface area contributed by atoms with Crippen molar-refractivity contribution in [1.82, 2.24) is 9.88 Å². The zero-order valence-electron chi connectivity index (χ0n) is 11.8. The van der Waals surface area contributed by atoms with E-state index in [1.807, 2.05) is 13.8 Å². The standard InChI is InChI=1S/C14H19N3O2S/c1-8(2)17-7-9(6-12(17)18)13(19)16-14-15-10-4-3-5-11(10)20-14/h8-9H,3-7H2,1-2H3,(H,15,16,19)/t9-/m0/s1. The van der Waals surface area contributed by atoms with E-state index in [2.05, 4.69) is 10.3 Å². The zero-order valence-corrected chi connectivity index (χ0v) is 12.6. The van der Waals surface area contributed by atoms with Gasteiger partial charge in [0.25, 0.3) is 0 Å². The second-order valence-corrected chi connectivity index (χ2v) is 6.86. The van der Waals surface area contributed by atoms with Gasteiger partial charge in [0.15, 0.2) is 5.13 Å². The molecule has 20 heavy (non-hydrogen) atoms. The maximum atomic E-state index is 12.2. The van der Waals surface area contributed by atoms with E-state index in [0.717, 1.165) is 18.5 Å². The second-order valence-electron chi connectivity index (χ2n) is 5.77. The average molecular weight is 293 g/mol. The lowest BCUT2D eigenvalue weighted by Gasteiger charge is -2.20. The monoisotopic (exact) mass is 293 g/mol. The summed E-state index contributed by atoms with van der Waals surface area (Å²) < 4.78 is 0. The number of aromatic nitrogens is 1. The third kappa shape index (κ3) is 2.44. The van der Waals surface area contributed by atoms with Crippen molar-refractivity contribution < 1.29 is 9.59 Å². The van der Waals surface area contributed by atoms with Crippen LogP contribution in [0.1, 0.15) is 37.3 Å². The Labute approximate surface area is 122 Å². The van der Waals surface area contributed by atoms with Crippen molar-refractivity contribution >= 4 is 28.3 Å². The lowest BCUT2D eigenvalue weighted by molar-refractivity contribution is -0.129. The molecule has 0 bridgehead atoms. The van der Waals surface area contributed by atoms with Gasteiger partial charge < -0.3 is 10.2 Å². The minimum absolute atomic E-state index is 0.0711. The maximum Gasteiger partial charge on any atom is 0.231 e. The van der Waals surface area contributed by atoms with Crippen molar-refractivity contribution in [2.45, 2.75) is 45.6 Å². The number of likely N-dealkylation sites (tertiary alicyclic amines) is 1. The SMILES string of the molecule is CC(C)N1C[C@@H](C(=O)Nc2nc3c(s2)CCC3)CC1=O. The number of amides is 2. The summed E-state index contributed by atoms with van der Waals surface area (Å²) in [7, 11) is 0. The second kappa shape index (κ2) is 5.16.